The topological polar surface area (TPSA) is 100 Å². The Morgan fingerprint density at radius 1 is 1.13 bits per heavy atom. The van der Waals surface area contributed by atoms with E-state index >= 15 is 0 Å². The van der Waals surface area contributed by atoms with Crippen molar-refractivity contribution in [3.8, 4) is 0 Å². The fourth-order valence-electron chi connectivity index (χ4n) is 3.97. The fraction of sp³-hybridized carbons (Fsp3) is 0.409. The maximum absolute atomic E-state index is 12.9. The molecule has 1 aromatic heterocycles. The van der Waals surface area contributed by atoms with Crippen LogP contribution < -0.4 is 10.6 Å². The van der Waals surface area contributed by atoms with Crippen LogP contribution in [0, 0.1) is 13.8 Å². The molecule has 0 radical (unpaired) electrons. The number of Topliss-reactive ketones (excluding diaryl/α,β-unsaturated/α-hetero) is 1. The number of benzene rings is 1. The number of hydrogen-bond acceptors (Lipinski definition) is 4. The van der Waals surface area contributed by atoms with Gasteiger partial charge in [0, 0.05) is 29.5 Å². The number of anilines is 1. The lowest BCUT2D eigenvalue weighted by molar-refractivity contribution is -0.118. The molecule has 2 amide bonds. The van der Waals surface area contributed by atoms with Crippen LogP contribution in [0.3, 0.4) is 0 Å². The van der Waals surface area contributed by atoms with E-state index < -0.39 is 11.7 Å². The molecule has 0 atom stereocenters. The van der Waals surface area contributed by atoms with Crippen LogP contribution in [-0.4, -0.2) is 39.4 Å². The van der Waals surface area contributed by atoms with Crippen LogP contribution in [-0.2, 0) is 11.8 Å². The molecule has 0 spiro atoms. The van der Waals surface area contributed by atoms with E-state index in [4.69, 9.17) is 11.6 Å². The zero-order valence-electron chi connectivity index (χ0n) is 17.3. The molecule has 1 fully saturated rings. The van der Waals surface area contributed by atoms with E-state index in [1.54, 1.807) is 49.7 Å². The Morgan fingerprint density at radius 3 is 2.43 bits per heavy atom. The largest absolute Gasteiger partial charge is 0.393 e. The Balaban J connectivity index is 1.80. The van der Waals surface area contributed by atoms with Gasteiger partial charge in [0.2, 0.25) is 0 Å². The van der Waals surface area contributed by atoms with Crippen molar-refractivity contribution in [2.24, 2.45) is 7.05 Å². The molecule has 7 nitrogen and oxygen atoms in total. The van der Waals surface area contributed by atoms with Crippen LogP contribution in [0.15, 0.2) is 24.3 Å². The highest BCUT2D eigenvalue weighted by Crippen LogP contribution is 2.24. The van der Waals surface area contributed by atoms with E-state index in [0.717, 1.165) is 0 Å². The highest BCUT2D eigenvalue weighted by molar-refractivity contribution is 6.43. The molecule has 1 aliphatic carbocycles. The molecule has 0 unspecified atom stereocenters. The number of aliphatic hydroxyl groups is 1. The van der Waals surface area contributed by atoms with Crippen LogP contribution >= 0.6 is 11.6 Å². The van der Waals surface area contributed by atoms with Crippen molar-refractivity contribution < 1.29 is 19.5 Å². The Kier molecular flexibility index (Phi) is 6.63. The molecule has 0 saturated heterocycles. The van der Waals surface area contributed by atoms with Crippen LogP contribution in [0.1, 0.15) is 57.8 Å². The number of nitrogens with one attached hydrogen (secondary N) is 2. The SMILES string of the molecule is Cc1c(C(=O)Nc2cccc(Cl)c2)c(C)n(C)c1C(=O)C(=O)N[C@H]1CC[C@@H](O)CC1. The van der Waals surface area contributed by atoms with Crippen molar-refractivity contribution in [3.63, 3.8) is 0 Å². The van der Waals surface area contributed by atoms with E-state index in [1.165, 1.54) is 0 Å². The number of amides is 2. The molecule has 3 rings (SSSR count). The predicted molar refractivity (Wildman–Crippen MR) is 115 cm³/mol. The zero-order chi connectivity index (χ0) is 22.0. The molecule has 0 aliphatic heterocycles. The van der Waals surface area contributed by atoms with Gasteiger partial charge in [-0.1, -0.05) is 17.7 Å². The smallest absolute Gasteiger partial charge is 0.294 e. The van der Waals surface area contributed by atoms with Gasteiger partial charge in [0.1, 0.15) is 0 Å². The van der Waals surface area contributed by atoms with Gasteiger partial charge in [0.05, 0.1) is 17.4 Å². The summed E-state index contributed by atoms with van der Waals surface area (Å²) in [6.07, 6.45) is 2.15. The van der Waals surface area contributed by atoms with Crippen molar-refractivity contribution in [1.82, 2.24) is 9.88 Å². The van der Waals surface area contributed by atoms with Crippen molar-refractivity contribution >= 4 is 34.9 Å². The first-order valence-electron chi connectivity index (χ1n) is 9.95. The number of halogens is 1. The number of aliphatic hydroxyl groups excluding tert-OH is 1. The number of rotatable bonds is 5. The summed E-state index contributed by atoms with van der Waals surface area (Å²) in [5.74, 6) is -1.74. The third-order valence-corrected chi connectivity index (χ3v) is 5.93. The molecular weight excluding hydrogens is 406 g/mol. The highest BCUT2D eigenvalue weighted by atomic mass is 35.5. The lowest BCUT2D eigenvalue weighted by atomic mass is 9.93. The Hall–Kier alpha value is -2.64. The van der Waals surface area contributed by atoms with Crippen LogP contribution in [0.4, 0.5) is 5.69 Å². The second-order valence-corrected chi connectivity index (χ2v) is 8.20. The Morgan fingerprint density at radius 2 is 1.80 bits per heavy atom. The van der Waals surface area contributed by atoms with Crippen molar-refractivity contribution in [1.29, 1.82) is 0 Å². The van der Waals surface area contributed by atoms with Crippen molar-refractivity contribution in [2.75, 3.05) is 5.32 Å². The lowest BCUT2D eigenvalue weighted by Crippen LogP contribution is -2.42. The lowest BCUT2D eigenvalue weighted by Gasteiger charge is -2.25. The molecule has 160 valence electrons. The average Bonchev–Trinajstić information content (AvgIpc) is 2.91. The molecule has 3 N–H and O–H groups in total. The third-order valence-electron chi connectivity index (χ3n) is 5.69. The molecule has 1 aliphatic rings. The summed E-state index contributed by atoms with van der Waals surface area (Å²) in [6, 6.07) is 6.66. The number of hydrogen-bond donors (Lipinski definition) is 3. The minimum Gasteiger partial charge on any atom is -0.393 e. The minimum atomic E-state index is -0.693. The maximum atomic E-state index is 12.9. The summed E-state index contributed by atoms with van der Waals surface area (Å²) in [4.78, 5) is 38.3. The van der Waals surface area contributed by atoms with Gasteiger partial charge in [-0.3, -0.25) is 14.4 Å². The first-order chi connectivity index (χ1) is 14.2. The second kappa shape index (κ2) is 9.02. The standard InChI is InChI=1S/C22H26ClN3O4/c1-12-18(21(29)25-16-6-4-5-14(23)11-16)13(2)26(3)19(12)20(28)22(30)24-15-7-9-17(27)10-8-15/h4-6,11,15,17,27H,7-10H2,1-3H3,(H,24,30)(H,25,29)/t15-,17+. The van der Waals surface area contributed by atoms with E-state index in [9.17, 15) is 19.5 Å². The molecule has 2 aromatic rings. The van der Waals surface area contributed by atoms with E-state index in [0.29, 0.717) is 53.2 Å². The van der Waals surface area contributed by atoms with Gasteiger partial charge in [-0.25, -0.2) is 0 Å². The van der Waals surface area contributed by atoms with Crippen LogP contribution in [0.2, 0.25) is 5.02 Å². The maximum Gasteiger partial charge on any atom is 0.294 e. The third kappa shape index (κ3) is 4.57. The van der Waals surface area contributed by atoms with Crippen molar-refractivity contribution in [2.45, 2.75) is 51.7 Å². The second-order valence-electron chi connectivity index (χ2n) is 7.77. The van der Waals surface area contributed by atoms with Gasteiger partial charge in [-0.2, -0.15) is 0 Å². The zero-order valence-corrected chi connectivity index (χ0v) is 18.0. The molecule has 1 aromatic carbocycles. The van der Waals surface area contributed by atoms with Crippen molar-refractivity contribution in [3.05, 3.63) is 51.8 Å². The highest BCUT2D eigenvalue weighted by Gasteiger charge is 2.30. The summed E-state index contributed by atoms with van der Waals surface area (Å²) in [5, 5.41) is 15.7. The predicted octanol–water partition coefficient (Wildman–Crippen LogP) is 3.15. The van der Waals surface area contributed by atoms with Gasteiger partial charge in [0.25, 0.3) is 17.6 Å². The first kappa shape index (κ1) is 22.1. The van der Waals surface area contributed by atoms with Gasteiger partial charge in [-0.15, -0.1) is 0 Å². The van der Waals surface area contributed by atoms with Crippen LogP contribution in [0.25, 0.3) is 0 Å². The number of ketones is 1. The molecular formula is C22H26ClN3O4. The quantitative estimate of drug-likeness (QED) is 0.500. The van der Waals surface area contributed by atoms with Gasteiger partial charge >= 0.3 is 0 Å². The molecule has 8 heteroatoms. The van der Waals surface area contributed by atoms with Gasteiger partial charge in [-0.05, 0) is 63.3 Å². The molecule has 30 heavy (non-hydrogen) atoms. The normalized spacial score (nSPS) is 18.7. The molecule has 1 saturated carbocycles. The summed E-state index contributed by atoms with van der Waals surface area (Å²) in [6.45, 7) is 3.40. The Labute approximate surface area is 180 Å². The first-order valence-corrected chi connectivity index (χ1v) is 10.3. The summed E-state index contributed by atoms with van der Waals surface area (Å²) in [5.41, 5.74) is 2.13. The number of aromatic nitrogens is 1. The van der Waals surface area contributed by atoms with Gasteiger partial charge in [0.15, 0.2) is 0 Å². The van der Waals surface area contributed by atoms with E-state index in [2.05, 4.69) is 10.6 Å². The Bertz CT molecular complexity index is 991. The van der Waals surface area contributed by atoms with Gasteiger partial charge < -0.3 is 20.3 Å². The molecule has 1 heterocycles. The van der Waals surface area contributed by atoms with Crippen LogP contribution in [0.5, 0.6) is 0 Å². The summed E-state index contributed by atoms with van der Waals surface area (Å²) < 4.78 is 1.58. The monoisotopic (exact) mass is 431 g/mol. The summed E-state index contributed by atoms with van der Waals surface area (Å²) in [7, 11) is 1.66. The average molecular weight is 432 g/mol. The number of nitrogens with zero attached hydrogens (tertiary/aromatic N) is 1. The molecule has 0 bridgehead atoms. The summed E-state index contributed by atoms with van der Waals surface area (Å²) >= 11 is 5.97. The van der Waals surface area contributed by atoms with E-state index in [1.807, 2.05) is 0 Å². The number of carbonyl (C=O) groups is 3. The van der Waals surface area contributed by atoms with E-state index in [-0.39, 0.29) is 23.7 Å². The fourth-order valence-corrected chi connectivity index (χ4v) is 4.16. The number of carbonyl (C=O) groups excluding carboxylic acids is 3. The minimum absolute atomic E-state index is 0.128.